The highest BCUT2D eigenvalue weighted by atomic mass is 32.2. The van der Waals surface area contributed by atoms with Crippen LogP contribution >= 0.6 is 11.8 Å². The molecule has 2 aromatic rings. The van der Waals surface area contributed by atoms with Gasteiger partial charge in [-0.25, -0.2) is 4.79 Å². The summed E-state index contributed by atoms with van der Waals surface area (Å²) in [5, 5.41) is -0.275. The lowest BCUT2D eigenvalue weighted by molar-refractivity contribution is -0.147. The fourth-order valence-electron chi connectivity index (χ4n) is 3.21. The van der Waals surface area contributed by atoms with E-state index in [2.05, 4.69) is 4.99 Å². The molecule has 1 aliphatic rings. The monoisotopic (exact) mass is 439 g/mol. The number of benzene rings is 2. The topological polar surface area (TPSA) is 82.0 Å². The number of ketones is 1. The number of ether oxygens (including phenoxy) is 2. The van der Waals surface area contributed by atoms with Crippen molar-refractivity contribution in [3.63, 3.8) is 0 Å². The molecule has 1 aliphatic heterocycles. The Balaban J connectivity index is 1.79. The molecule has 0 spiro atoms. The van der Waals surface area contributed by atoms with Gasteiger partial charge in [0.15, 0.2) is 17.9 Å². The molecule has 6 nitrogen and oxygen atoms in total. The first kappa shape index (κ1) is 22.7. The highest BCUT2D eigenvalue weighted by Gasteiger charge is 2.45. The number of nitrogens with zero attached hydrogens (tertiary/aromatic N) is 1. The zero-order valence-corrected chi connectivity index (χ0v) is 18.5. The highest BCUT2D eigenvalue weighted by molar-refractivity contribution is 8.15. The summed E-state index contributed by atoms with van der Waals surface area (Å²) in [5.41, 5.74) is 0.862. The summed E-state index contributed by atoms with van der Waals surface area (Å²) in [6, 6.07) is 17.3. The smallest absolute Gasteiger partial charge is 0.332 e. The predicted molar refractivity (Wildman–Crippen MR) is 120 cm³/mol. The normalized spacial score (nSPS) is 21.1. The minimum absolute atomic E-state index is 0.122. The molecule has 162 valence electrons. The van der Waals surface area contributed by atoms with E-state index in [1.165, 1.54) is 13.1 Å². The van der Waals surface area contributed by atoms with E-state index in [1.54, 1.807) is 38.1 Å². The van der Waals surface area contributed by atoms with Crippen molar-refractivity contribution < 1.29 is 23.9 Å². The lowest BCUT2D eigenvalue weighted by Crippen LogP contribution is -2.40. The number of Topliss-reactive ketones (excluding diaryl/α,β-unsaturated/α-hetero) is 1. The standard InChI is InChI=1S/C24H25NO5S/c1-16(26)20(30-18-12-8-5-9-13-18)19-14-25-21(24(2,3)31-23(19)28)22(27)29-15-17-10-6-4-7-11-17/h4-14,19-21H,15H2,1-3H3. The summed E-state index contributed by atoms with van der Waals surface area (Å²) in [5.74, 6) is -1.24. The molecule has 1 heterocycles. The average molecular weight is 440 g/mol. The Morgan fingerprint density at radius 3 is 2.29 bits per heavy atom. The van der Waals surface area contributed by atoms with Gasteiger partial charge in [-0.15, -0.1) is 0 Å². The van der Waals surface area contributed by atoms with Gasteiger partial charge in [0.25, 0.3) is 0 Å². The number of thioether (sulfide) groups is 1. The van der Waals surface area contributed by atoms with Crippen LogP contribution in [0.5, 0.6) is 5.75 Å². The van der Waals surface area contributed by atoms with Gasteiger partial charge in [-0.05, 0) is 38.5 Å². The number of carbonyl (C=O) groups excluding carboxylic acids is 3. The SMILES string of the molecule is CC(=O)C(Oc1ccccc1)C1C=NC(C(=O)OCc2ccccc2)C(C)(C)SC1=O. The van der Waals surface area contributed by atoms with Crippen molar-refractivity contribution in [3.05, 3.63) is 66.2 Å². The maximum Gasteiger partial charge on any atom is 0.332 e. The Bertz CT molecular complexity index is 958. The fourth-order valence-corrected chi connectivity index (χ4v) is 4.32. The zero-order valence-electron chi connectivity index (χ0n) is 17.7. The van der Waals surface area contributed by atoms with E-state index >= 15 is 0 Å². The third kappa shape index (κ3) is 5.82. The molecular formula is C24H25NO5S. The van der Waals surface area contributed by atoms with E-state index in [9.17, 15) is 14.4 Å². The van der Waals surface area contributed by atoms with Crippen LogP contribution in [0, 0.1) is 5.92 Å². The molecule has 3 atom stereocenters. The third-order valence-corrected chi connectivity index (χ3v) is 6.09. The first-order valence-electron chi connectivity index (χ1n) is 9.97. The van der Waals surface area contributed by atoms with Crippen LogP contribution < -0.4 is 4.74 Å². The summed E-state index contributed by atoms with van der Waals surface area (Å²) in [6.07, 6.45) is 0.342. The average Bonchev–Trinajstić information content (AvgIpc) is 2.86. The number of para-hydroxylation sites is 1. The molecule has 7 heteroatoms. The van der Waals surface area contributed by atoms with Crippen LogP contribution in [0.3, 0.4) is 0 Å². The maximum absolute atomic E-state index is 13.0. The van der Waals surface area contributed by atoms with Crippen molar-refractivity contribution in [2.45, 2.75) is 44.3 Å². The van der Waals surface area contributed by atoms with Gasteiger partial charge in [0.2, 0.25) is 5.12 Å². The van der Waals surface area contributed by atoms with Crippen LogP contribution in [0.4, 0.5) is 0 Å². The van der Waals surface area contributed by atoms with Crippen molar-refractivity contribution in [3.8, 4) is 5.75 Å². The van der Waals surface area contributed by atoms with Crippen molar-refractivity contribution in [1.82, 2.24) is 0 Å². The summed E-state index contributed by atoms with van der Waals surface area (Å²) in [7, 11) is 0. The summed E-state index contributed by atoms with van der Waals surface area (Å²) < 4.78 is 10.4. The molecule has 0 bridgehead atoms. The van der Waals surface area contributed by atoms with Gasteiger partial charge in [-0.3, -0.25) is 14.6 Å². The van der Waals surface area contributed by atoms with Crippen molar-refractivity contribution >= 4 is 34.8 Å². The van der Waals surface area contributed by atoms with Crippen LogP contribution in [-0.2, 0) is 25.7 Å². The van der Waals surface area contributed by atoms with E-state index in [0.29, 0.717) is 5.75 Å². The lowest BCUT2D eigenvalue weighted by atomic mass is 10.0. The maximum atomic E-state index is 13.0. The molecule has 3 unspecified atom stereocenters. The van der Waals surface area contributed by atoms with E-state index in [0.717, 1.165) is 17.3 Å². The number of rotatable bonds is 7. The second-order valence-electron chi connectivity index (χ2n) is 7.81. The Morgan fingerprint density at radius 2 is 1.68 bits per heavy atom. The molecule has 0 amide bonds. The van der Waals surface area contributed by atoms with E-state index in [4.69, 9.17) is 9.47 Å². The number of carbonyl (C=O) groups is 3. The van der Waals surface area contributed by atoms with Gasteiger partial charge >= 0.3 is 5.97 Å². The third-order valence-electron chi connectivity index (χ3n) is 4.87. The molecule has 0 saturated carbocycles. The van der Waals surface area contributed by atoms with Gasteiger partial charge < -0.3 is 9.47 Å². The summed E-state index contributed by atoms with van der Waals surface area (Å²) in [6.45, 7) is 5.03. The first-order valence-corrected chi connectivity index (χ1v) is 10.8. The molecule has 3 rings (SSSR count). The zero-order chi connectivity index (χ0) is 22.4. The van der Waals surface area contributed by atoms with E-state index in [-0.39, 0.29) is 17.5 Å². The molecular weight excluding hydrogens is 414 g/mol. The van der Waals surface area contributed by atoms with Gasteiger partial charge in [-0.2, -0.15) is 0 Å². The number of esters is 1. The number of hydrogen-bond acceptors (Lipinski definition) is 7. The van der Waals surface area contributed by atoms with Gasteiger partial charge in [0.05, 0.1) is 4.75 Å². The van der Waals surface area contributed by atoms with E-state index < -0.39 is 28.8 Å². The first-order chi connectivity index (χ1) is 14.8. The van der Waals surface area contributed by atoms with Crippen LogP contribution in [0.1, 0.15) is 26.3 Å². The van der Waals surface area contributed by atoms with Crippen LogP contribution in [-0.4, -0.2) is 40.0 Å². The molecule has 0 saturated heterocycles. The number of hydrogen-bond donors (Lipinski definition) is 0. The molecule has 0 N–H and O–H groups in total. The minimum Gasteiger partial charge on any atom is -0.481 e. The van der Waals surface area contributed by atoms with Crippen molar-refractivity contribution in [2.75, 3.05) is 0 Å². The van der Waals surface area contributed by atoms with Crippen molar-refractivity contribution in [2.24, 2.45) is 10.9 Å². The Labute approximate surface area is 186 Å². The Morgan fingerprint density at radius 1 is 1.06 bits per heavy atom. The van der Waals surface area contributed by atoms with Gasteiger partial charge in [0.1, 0.15) is 18.3 Å². The molecule has 0 aromatic heterocycles. The summed E-state index contributed by atoms with van der Waals surface area (Å²) in [4.78, 5) is 42.5. The molecule has 0 fully saturated rings. The van der Waals surface area contributed by atoms with Crippen LogP contribution in [0.2, 0.25) is 0 Å². The van der Waals surface area contributed by atoms with Crippen molar-refractivity contribution in [1.29, 1.82) is 0 Å². The van der Waals surface area contributed by atoms with E-state index in [1.807, 2.05) is 36.4 Å². The molecule has 31 heavy (non-hydrogen) atoms. The second-order valence-corrected chi connectivity index (χ2v) is 9.47. The van der Waals surface area contributed by atoms with Crippen LogP contribution in [0.15, 0.2) is 65.7 Å². The predicted octanol–water partition coefficient (Wildman–Crippen LogP) is 3.87. The number of aliphatic imine (C=N–C) groups is 1. The molecule has 0 aliphatic carbocycles. The van der Waals surface area contributed by atoms with Gasteiger partial charge in [-0.1, -0.05) is 60.3 Å². The fraction of sp³-hybridized carbons (Fsp3) is 0.333. The Kier molecular flexibility index (Phi) is 7.28. The highest BCUT2D eigenvalue weighted by Crippen LogP contribution is 2.37. The minimum atomic E-state index is -1.03. The van der Waals surface area contributed by atoms with Gasteiger partial charge in [0, 0.05) is 6.21 Å². The largest absolute Gasteiger partial charge is 0.481 e. The Hall–Kier alpha value is -2.93. The second kappa shape index (κ2) is 9.92. The van der Waals surface area contributed by atoms with Crippen LogP contribution in [0.25, 0.3) is 0 Å². The molecule has 0 radical (unpaired) electrons. The molecule has 2 aromatic carbocycles. The quantitative estimate of drug-likeness (QED) is 0.609. The lowest BCUT2D eigenvalue weighted by Gasteiger charge is -2.27. The summed E-state index contributed by atoms with van der Waals surface area (Å²) >= 11 is 0.990.